The smallest absolute Gasteiger partial charge is 0.369 e. The van der Waals surface area contributed by atoms with E-state index in [1.807, 2.05) is 0 Å². The van der Waals surface area contributed by atoms with Gasteiger partial charge in [-0.15, -0.1) is 0 Å². The van der Waals surface area contributed by atoms with Crippen molar-refractivity contribution in [3.8, 4) is 0 Å². The second-order valence-corrected chi connectivity index (χ2v) is 7.01. The van der Waals surface area contributed by atoms with Crippen LogP contribution in [0.1, 0.15) is 43.2 Å². The number of rotatable bonds is 3. The first-order chi connectivity index (χ1) is 11.7. The number of carbonyl (C=O) groups excluding carboxylic acids is 2. The van der Waals surface area contributed by atoms with Gasteiger partial charge in [-0.25, -0.2) is 0 Å². The maximum atomic E-state index is 13.2. The normalized spacial score (nSPS) is 23.0. The highest BCUT2D eigenvalue weighted by Gasteiger charge is 2.47. The van der Waals surface area contributed by atoms with E-state index in [1.165, 1.54) is 6.07 Å². The van der Waals surface area contributed by atoms with Crippen LogP contribution in [0.25, 0.3) is 0 Å². The SMILES string of the molecule is NC(=O)[C@H]1CCN(C(=O)C2(c3cccc(C(F)(F)F)c3)CCCC2)C1. The van der Waals surface area contributed by atoms with Crippen LogP contribution in [0, 0.1) is 5.92 Å². The molecule has 0 unspecified atom stereocenters. The molecule has 0 aromatic heterocycles. The van der Waals surface area contributed by atoms with Crippen LogP contribution in [0.2, 0.25) is 0 Å². The Labute approximate surface area is 144 Å². The summed E-state index contributed by atoms with van der Waals surface area (Å²) in [6, 6.07) is 5.10. The fraction of sp³-hybridized carbons (Fsp3) is 0.556. The lowest BCUT2D eigenvalue weighted by Gasteiger charge is -2.33. The van der Waals surface area contributed by atoms with Gasteiger partial charge in [-0.1, -0.05) is 31.0 Å². The zero-order valence-electron chi connectivity index (χ0n) is 13.8. The highest BCUT2D eigenvalue weighted by molar-refractivity contribution is 5.90. The molecule has 3 rings (SSSR count). The number of hydrogen-bond acceptors (Lipinski definition) is 2. The molecule has 1 aromatic carbocycles. The maximum Gasteiger partial charge on any atom is 0.416 e. The van der Waals surface area contributed by atoms with Gasteiger partial charge in [0, 0.05) is 13.1 Å². The third kappa shape index (κ3) is 3.24. The Kier molecular flexibility index (Phi) is 4.51. The van der Waals surface area contributed by atoms with E-state index in [4.69, 9.17) is 5.73 Å². The minimum Gasteiger partial charge on any atom is -0.369 e. The summed E-state index contributed by atoms with van der Waals surface area (Å²) in [7, 11) is 0. The molecule has 1 aromatic rings. The van der Waals surface area contributed by atoms with Crippen molar-refractivity contribution < 1.29 is 22.8 Å². The van der Waals surface area contributed by atoms with E-state index in [2.05, 4.69) is 0 Å². The molecule has 0 spiro atoms. The zero-order chi connectivity index (χ0) is 18.2. The lowest BCUT2D eigenvalue weighted by atomic mass is 9.77. The molecule has 136 valence electrons. The summed E-state index contributed by atoms with van der Waals surface area (Å²) in [4.78, 5) is 26.1. The number of hydrogen-bond donors (Lipinski definition) is 1. The number of primary amides is 1. The van der Waals surface area contributed by atoms with Crippen molar-refractivity contribution in [2.75, 3.05) is 13.1 Å². The van der Waals surface area contributed by atoms with Gasteiger partial charge in [0.2, 0.25) is 11.8 Å². The Morgan fingerprint density at radius 2 is 1.88 bits per heavy atom. The number of nitrogens with zero attached hydrogens (tertiary/aromatic N) is 1. The molecule has 2 aliphatic rings. The van der Waals surface area contributed by atoms with Crippen LogP contribution in [-0.2, 0) is 21.2 Å². The van der Waals surface area contributed by atoms with E-state index >= 15 is 0 Å². The molecule has 7 heteroatoms. The highest BCUT2D eigenvalue weighted by Crippen LogP contribution is 2.44. The fourth-order valence-corrected chi connectivity index (χ4v) is 4.08. The van der Waals surface area contributed by atoms with Crippen LogP contribution in [0.3, 0.4) is 0 Å². The predicted octanol–water partition coefficient (Wildman–Crippen LogP) is 2.85. The van der Waals surface area contributed by atoms with Gasteiger partial charge in [-0.05, 0) is 30.9 Å². The fourth-order valence-electron chi connectivity index (χ4n) is 4.08. The highest BCUT2D eigenvalue weighted by atomic mass is 19.4. The molecule has 2 N–H and O–H groups in total. The van der Waals surface area contributed by atoms with Gasteiger partial charge < -0.3 is 10.6 Å². The van der Waals surface area contributed by atoms with Crippen LogP contribution in [-0.4, -0.2) is 29.8 Å². The first-order valence-electron chi connectivity index (χ1n) is 8.50. The van der Waals surface area contributed by atoms with E-state index in [0.29, 0.717) is 31.4 Å². The monoisotopic (exact) mass is 354 g/mol. The number of nitrogens with two attached hydrogens (primary N) is 1. The second kappa shape index (κ2) is 6.35. The summed E-state index contributed by atoms with van der Waals surface area (Å²) < 4.78 is 39.2. The molecule has 1 atom stereocenters. The number of halogens is 3. The third-order valence-electron chi connectivity index (χ3n) is 5.49. The molecule has 4 nitrogen and oxygen atoms in total. The Hall–Kier alpha value is -2.05. The quantitative estimate of drug-likeness (QED) is 0.907. The third-order valence-corrected chi connectivity index (χ3v) is 5.49. The minimum absolute atomic E-state index is 0.173. The largest absolute Gasteiger partial charge is 0.416 e. The van der Waals surface area contributed by atoms with E-state index in [0.717, 1.165) is 25.0 Å². The average molecular weight is 354 g/mol. The van der Waals surface area contributed by atoms with Crippen LogP contribution in [0.5, 0.6) is 0 Å². The van der Waals surface area contributed by atoms with Crippen molar-refractivity contribution in [2.45, 2.75) is 43.7 Å². The van der Waals surface area contributed by atoms with Crippen molar-refractivity contribution >= 4 is 11.8 Å². The molecule has 2 fully saturated rings. The summed E-state index contributed by atoms with van der Waals surface area (Å²) >= 11 is 0. The molecule has 25 heavy (non-hydrogen) atoms. The lowest BCUT2D eigenvalue weighted by Crippen LogP contribution is -2.45. The van der Waals surface area contributed by atoms with E-state index in [9.17, 15) is 22.8 Å². The molecule has 0 bridgehead atoms. The number of benzene rings is 1. The molecule has 1 aliphatic heterocycles. The van der Waals surface area contributed by atoms with Gasteiger partial charge in [0.1, 0.15) is 0 Å². The summed E-state index contributed by atoms with van der Waals surface area (Å²) in [5, 5.41) is 0. The molecular formula is C18H21F3N2O2. The van der Waals surface area contributed by atoms with Crippen molar-refractivity contribution in [1.82, 2.24) is 4.90 Å². The lowest BCUT2D eigenvalue weighted by molar-refractivity contribution is -0.139. The number of alkyl halides is 3. The summed E-state index contributed by atoms with van der Waals surface area (Å²) in [6.45, 7) is 0.683. The van der Waals surface area contributed by atoms with Gasteiger partial charge >= 0.3 is 6.18 Å². The molecule has 1 aliphatic carbocycles. The predicted molar refractivity (Wildman–Crippen MR) is 85.5 cm³/mol. The minimum atomic E-state index is -4.44. The molecular weight excluding hydrogens is 333 g/mol. The molecule has 1 saturated heterocycles. The van der Waals surface area contributed by atoms with Crippen LogP contribution >= 0.6 is 0 Å². The van der Waals surface area contributed by atoms with E-state index in [-0.39, 0.29) is 18.4 Å². The summed E-state index contributed by atoms with van der Waals surface area (Å²) in [6.07, 6.45) is -1.26. The van der Waals surface area contributed by atoms with Crippen LogP contribution in [0.4, 0.5) is 13.2 Å². The van der Waals surface area contributed by atoms with Gasteiger partial charge in [0.15, 0.2) is 0 Å². The Morgan fingerprint density at radius 1 is 1.20 bits per heavy atom. The number of likely N-dealkylation sites (tertiary alicyclic amines) is 1. The topological polar surface area (TPSA) is 63.4 Å². The average Bonchev–Trinajstić information content (AvgIpc) is 3.24. The Bertz CT molecular complexity index is 681. The van der Waals surface area contributed by atoms with Crippen molar-refractivity contribution in [3.63, 3.8) is 0 Å². The molecule has 1 heterocycles. The standard InChI is InChI=1S/C18H21F3N2O2/c19-18(20,21)14-5-3-4-13(10-14)17(7-1-2-8-17)16(25)23-9-6-12(11-23)15(22)24/h3-5,10,12H,1-2,6-9,11H2,(H2,22,24)/t12-/m0/s1. The van der Waals surface area contributed by atoms with Crippen molar-refractivity contribution in [1.29, 1.82) is 0 Å². The summed E-state index contributed by atoms with van der Waals surface area (Å²) in [5.41, 5.74) is 4.09. The van der Waals surface area contributed by atoms with Gasteiger partial charge in [0.05, 0.1) is 16.9 Å². The Morgan fingerprint density at radius 3 is 2.44 bits per heavy atom. The van der Waals surface area contributed by atoms with Gasteiger partial charge in [-0.2, -0.15) is 13.2 Å². The first kappa shape index (κ1) is 17.8. The zero-order valence-corrected chi connectivity index (χ0v) is 13.8. The second-order valence-electron chi connectivity index (χ2n) is 7.01. The van der Waals surface area contributed by atoms with Gasteiger partial charge in [0.25, 0.3) is 0 Å². The number of carbonyl (C=O) groups is 2. The number of amides is 2. The maximum absolute atomic E-state index is 13.2. The van der Waals surface area contributed by atoms with Crippen LogP contribution < -0.4 is 5.73 Å². The Balaban J connectivity index is 1.92. The molecule has 0 radical (unpaired) electrons. The van der Waals surface area contributed by atoms with Gasteiger partial charge in [-0.3, -0.25) is 9.59 Å². The van der Waals surface area contributed by atoms with E-state index < -0.39 is 23.1 Å². The summed E-state index contributed by atoms with van der Waals surface area (Å²) in [5.74, 6) is -0.980. The molecule has 2 amide bonds. The van der Waals surface area contributed by atoms with E-state index in [1.54, 1.807) is 11.0 Å². The van der Waals surface area contributed by atoms with Crippen LogP contribution in [0.15, 0.2) is 24.3 Å². The van der Waals surface area contributed by atoms with Crippen molar-refractivity contribution in [3.05, 3.63) is 35.4 Å². The molecule has 1 saturated carbocycles. The first-order valence-corrected chi connectivity index (χ1v) is 8.50. The van der Waals surface area contributed by atoms with Crippen molar-refractivity contribution in [2.24, 2.45) is 11.7 Å².